The van der Waals surface area contributed by atoms with Gasteiger partial charge in [-0.15, -0.1) is 0 Å². The highest BCUT2D eigenvalue weighted by Crippen LogP contribution is 2.20. The Morgan fingerprint density at radius 1 is 1.58 bits per heavy atom. The molecule has 0 saturated heterocycles. The van der Waals surface area contributed by atoms with Crippen LogP contribution in [-0.4, -0.2) is 19.4 Å². The number of amides is 1. The van der Waals surface area contributed by atoms with Gasteiger partial charge >= 0.3 is 6.09 Å². The van der Waals surface area contributed by atoms with Gasteiger partial charge in [0.05, 0.1) is 0 Å². The van der Waals surface area contributed by atoms with Crippen molar-refractivity contribution in [3.63, 3.8) is 0 Å². The summed E-state index contributed by atoms with van der Waals surface area (Å²) in [6, 6.07) is 0. The van der Waals surface area contributed by atoms with Crippen molar-refractivity contribution < 1.29 is 9.53 Å². The van der Waals surface area contributed by atoms with Crippen molar-refractivity contribution >= 4 is 6.09 Å². The predicted octanol–water partition coefficient (Wildman–Crippen LogP) is 1.06. The molecule has 0 aliphatic rings. The molecule has 1 amide bonds. The van der Waals surface area contributed by atoms with Crippen LogP contribution in [0.15, 0.2) is 0 Å². The first-order chi connectivity index (χ1) is 5.35. The zero-order chi connectivity index (χ0) is 9.78. The summed E-state index contributed by atoms with van der Waals surface area (Å²) in [6.45, 7) is 6.13. The SMILES string of the molecule is CNC(=O)OC(N)CC(C)(C)C. The summed E-state index contributed by atoms with van der Waals surface area (Å²) in [5, 5.41) is 2.34. The first-order valence-corrected chi connectivity index (χ1v) is 3.99. The molecule has 1 atom stereocenters. The van der Waals surface area contributed by atoms with Gasteiger partial charge < -0.3 is 10.1 Å². The summed E-state index contributed by atoms with van der Waals surface area (Å²) >= 11 is 0. The maximum Gasteiger partial charge on any atom is 0.408 e. The lowest BCUT2D eigenvalue weighted by Crippen LogP contribution is -2.34. The summed E-state index contributed by atoms with van der Waals surface area (Å²) in [4.78, 5) is 10.7. The minimum absolute atomic E-state index is 0.0768. The standard InChI is InChI=1S/C8H18N2O2/c1-8(2,3)5-6(9)12-7(11)10-4/h6H,5,9H2,1-4H3,(H,10,11). The summed E-state index contributed by atoms with van der Waals surface area (Å²) < 4.78 is 4.80. The second kappa shape index (κ2) is 4.30. The lowest BCUT2D eigenvalue weighted by Gasteiger charge is -2.22. The Morgan fingerprint density at radius 3 is 2.42 bits per heavy atom. The molecular formula is C8H18N2O2. The van der Waals surface area contributed by atoms with Gasteiger partial charge in [-0.1, -0.05) is 20.8 Å². The zero-order valence-corrected chi connectivity index (χ0v) is 8.18. The lowest BCUT2D eigenvalue weighted by molar-refractivity contribution is 0.0773. The topological polar surface area (TPSA) is 64.3 Å². The molecule has 4 heteroatoms. The van der Waals surface area contributed by atoms with Gasteiger partial charge in [0, 0.05) is 13.5 Å². The van der Waals surface area contributed by atoms with Crippen LogP contribution < -0.4 is 11.1 Å². The van der Waals surface area contributed by atoms with Crippen molar-refractivity contribution in [2.75, 3.05) is 7.05 Å². The Kier molecular flexibility index (Phi) is 4.03. The number of rotatable bonds is 2. The summed E-state index contributed by atoms with van der Waals surface area (Å²) in [5.41, 5.74) is 5.63. The fraction of sp³-hybridized carbons (Fsp3) is 0.875. The molecule has 1 unspecified atom stereocenters. The van der Waals surface area contributed by atoms with E-state index >= 15 is 0 Å². The maximum atomic E-state index is 10.7. The molecular weight excluding hydrogens is 156 g/mol. The third-order valence-electron chi connectivity index (χ3n) is 1.28. The zero-order valence-electron chi connectivity index (χ0n) is 8.18. The third-order valence-corrected chi connectivity index (χ3v) is 1.28. The van der Waals surface area contributed by atoms with E-state index in [-0.39, 0.29) is 5.41 Å². The normalized spacial score (nSPS) is 13.8. The Morgan fingerprint density at radius 2 is 2.08 bits per heavy atom. The van der Waals surface area contributed by atoms with E-state index in [1.807, 2.05) is 20.8 Å². The number of carbonyl (C=O) groups is 1. The van der Waals surface area contributed by atoms with Gasteiger partial charge in [-0.3, -0.25) is 5.73 Å². The van der Waals surface area contributed by atoms with E-state index in [2.05, 4.69) is 5.32 Å². The molecule has 0 aliphatic carbocycles. The van der Waals surface area contributed by atoms with Gasteiger partial charge in [0.1, 0.15) is 0 Å². The quantitative estimate of drug-likeness (QED) is 0.615. The largest absolute Gasteiger partial charge is 0.431 e. The van der Waals surface area contributed by atoms with Gasteiger partial charge in [-0.2, -0.15) is 0 Å². The van der Waals surface area contributed by atoms with E-state index in [1.165, 1.54) is 7.05 Å². The van der Waals surface area contributed by atoms with Crippen LogP contribution in [0, 0.1) is 5.41 Å². The minimum atomic E-state index is -0.523. The van der Waals surface area contributed by atoms with Crippen molar-refractivity contribution in [1.82, 2.24) is 5.32 Å². The van der Waals surface area contributed by atoms with E-state index in [1.54, 1.807) is 0 Å². The second-order valence-corrected chi connectivity index (χ2v) is 3.96. The Balaban J connectivity index is 3.74. The molecule has 4 nitrogen and oxygen atoms in total. The van der Waals surface area contributed by atoms with Crippen LogP contribution in [0.1, 0.15) is 27.2 Å². The van der Waals surface area contributed by atoms with Gasteiger partial charge in [-0.25, -0.2) is 4.79 Å². The first kappa shape index (κ1) is 11.2. The Bertz CT molecular complexity index is 152. The van der Waals surface area contributed by atoms with E-state index in [9.17, 15) is 4.79 Å². The monoisotopic (exact) mass is 174 g/mol. The van der Waals surface area contributed by atoms with E-state index < -0.39 is 12.3 Å². The minimum Gasteiger partial charge on any atom is -0.431 e. The molecule has 0 aromatic rings. The molecule has 0 saturated carbocycles. The van der Waals surface area contributed by atoms with Crippen molar-refractivity contribution in [2.24, 2.45) is 11.1 Å². The summed E-state index contributed by atoms with van der Waals surface area (Å²) in [6.07, 6.45) is -0.350. The van der Waals surface area contributed by atoms with Crippen LogP contribution in [0.2, 0.25) is 0 Å². The van der Waals surface area contributed by atoms with E-state index in [0.29, 0.717) is 6.42 Å². The first-order valence-electron chi connectivity index (χ1n) is 3.99. The van der Waals surface area contributed by atoms with Gasteiger partial charge in [0.15, 0.2) is 6.23 Å². The maximum absolute atomic E-state index is 10.7. The van der Waals surface area contributed by atoms with Crippen molar-refractivity contribution in [3.05, 3.63) is 0 Å². The van der Waals surface area contributed by atoms with Crippen LogP contribution in [0.5, 0.6) is 0 Å². The van der Waals surface area contributed by atoms with Crippen molar-refractivity contribution in [3.8, 4) is 0 Å². The molecule has 3 N–H and O–H groups in total. The molecule has 0 spiro atoms. The smallest absolute Gasteiger partial charge is 0.408 e. The fourth-order valence-electron chi connectivity index (χ4n) is 0.842. The van der Waals surface area contributed by atoms with Gasteiger partial charge in [0.25, 0.3) is 0 Å². The number of ether oxygens (including phenoxy) is 1. The molecule has 0 heterocycles. The molecule has 0 aromatic carbocycles. The van der Waals surface area contributed by atoms with Crippen LogP contribution in [0.3, 0.4) is 0 Å². The number of hydrogen-bond donors (Lipinski definition) is 2. The van der Waals surface area contributed by atoms with Crippen LogP contribution in [0.4, 0.5) is 4.79 Å². The van der Waals surface area contributed by atoms with Crippen molar-refractivity contribution in [1.29, 1.82) is 0 Å². The highest BCUT2D eigenvalue weighted by Gasteiger charge is 2.17. The Hall–Kier alpha value is -0.770. The molecule has 0 fully saturated rings. The number of nitrogens with two attached hydrogens (primary N) is 1. The van der Waals surface area contributed by atoms with Crippen LogP contribution in [-0.2, 0) is 4.74 Å². The van der Waals surface area contributed by atoms with E-state index in [0.717, 1.165) is 0 Å². The Labute approximate surface area is 73.5 Å². The molecule has 0 aromatic heterocycles. The third kappa shape index (κ3) is 5.97. The van der Waals surface area contributed by atoms with Gasteiger partial charge in [0.2, 0.25) is 0 Å². The highest BCUT2D eigenvalue weighted by atomic mass is 16.6. The molecule has 12 heavy (non-hydrogen) atoms. The van der Waals surface area contributed by atoms with Crippen LogP contribution in [0.25, 0.3) is 0 Å². The average Bonchev–Trinajstić information content (AvgIpc) is 1.82. The van der Waals surface area contributed by atoms with Gasteiger partial charge in [-0.05, 0) is 5.41 Å². The second-order valence-electron chi connectivity index (χ2n) is 3.96. The molecule has 0 aliphatic heterocycles. The number of alkyl carbamates (subject to hydrolysis) is 1. The molecule has 0 bridgehead atoms. The fourth-order valence-corrected chi connectivity index (χ4v) is 0.842. The number of nitrogens with one attached hydrogen (secondary N) is 1. The van der Waals surface area contributed by atoms with E-state index in [4.69, 9.17) is 10.5 Å². The predicted molar refractivity (Wildman–Crippen MR) is 47.6 cm³/mol. The molecule has 0 radical (unpaired) electrons. The summed E-state index contributed by atoms with van der Waals surface area (Å²) in [5.74, 6) is 0. The number of carbonyl (C=O) groups excluding carboxylic acids is 1. The average molecular weight is 174 g/mol. The molecule has 72 valence electrons. The molecule has 0 rings (SSSR count). The lowest BCUT2D eigenvalue weighted by atomic mass is 9.92. The summed E-state index contributed by atoms with van der Waals surface area (Å²) in [7, 11) is 1.51. The number of hydrogen-bond acceptors (Lipinski definition) is 3. The highest BCUT2D eigenvalue weighted by molar-refractivity contribution is 5.66. The van der Waals surface area contributed by atoms with Crippen molar-refractivity contribution in [2.45, 2.75) is 33.4 Å². The van der Waals surface area contributed by atoms with Crippen LogP contribution >= 0.6 is 0 Å².